The standard InChI is InChI=1S/2C22H33N2Si.3CH3.2Li.Ti/c2*1-22(2,3)23-25(6,17-12-8-7-9-13-17)21-16-20(24(4)5)18-14-10-11-15-19(18)21;;;;;;/h2*7-15,18-21H,16H2,1-6H3;3*1H3;;;/q5*-1;2*+1;+4. The van der Waals surface area contributed by atoms with Gasteiger partial charge >= 0.3 is 59.4 Å². The Morgan fingerprint density at radius 2 is 0.768 bits per heavy atom. The zero-order valence-corrected chi connectivity index (χ0v) is 42.3. The Morgan fingerprint density at radius 1 is 0.500 bits per heavy atom. The Balaban J connectivity index is 0. The van der Waals surface area contributed by atoms with Gasteiger partial charge in [-0.3, -0.25) is 0 Å². The molecule has 0 radical (unpaired) electrons. The van der Waals surface area contributed by atoms with Gasteiger partial charge in [0.05, 0.1) is 0 Å². The van der Waals surface area contributed by atoms with E-state index in [-0.39, 0.29) is 92.8 Å². The normalized spacial score (nSPS) is 27.8. The molecule has 9 heteroatoms. The molecule has 56 heavy (non-hydrogen) atoms. The first-order valence-electron chi connectivity index (χ1n) is 19.1. The van der Waals surface area contributed by atoms with Crippen LogP contribution >= 0.6 is 0 Å². The molecule has 0 bridgehead atoms. The van der Waals surface area contributed by atoms with Crippen LogP contribution in [-0.2, 0) is 21.7 Å². The van der Waals surface area contributed by atoms with Crippen molar-refractivity contribution >= 4 is 26.8 Å². The molecule has 0 N–H and O–H groups in total. The summed E-state index contributed by atoms with van der Waals surface area (Å²) in [5.41, 5.74) is 1.29. The predicted molar refractivity (Wildman–Crippen MR) is 243 cm³/mol. The minimum Gasteiger partial charge on any atom is -0.656 e. The van der Waals surface area contributed by atoms with Gasteiger partial charge in [-0.15, -0.1) is 11.1 Å². The summed E-state index contributed by atoms with van der Waals surface area (Å²) < 4.78 is 0. The van der Waals surface area contributed by atoms with Gasteiger partial charge in [-0.05, 0) is 81.2 Å². The first-order valence-corrected chi connectivity index (χ1v) is 24.1. The molecular formula is C47H75Li2N4Si2Ti+. The molecule has 2 fully saturated rings. The fourth-order valence-electron chi connectivity index (χ4n) is 9.99. The van der Waals surface area contributed by atoms with Gasteiger partial charge in [-0.1, -0.05) is 185 Å². The molecule has 10 unspecified atom stereocenters. The molecule has 2 aromatic rings. The van der Waals surface area contributed by atoms with E-state index in [1.165, 1.54) is 23.2 Å². The second-order valence-corrected chi connectivity index (χ2v) is 25.9. The van der Waals surface area contributed by atoms with Crippen LogP contribution in [0.2, 0.25) is 24.2 Å². The molecule has 0 amide bonds. The third kappa shape index (κ3) is 13.3. The maximum atomic E-state index is 5.54. The van der Waals surface area contributed by atoms with Gasteiger partial charge in [0.1, 0.15) is 0 Å². The van der Waals surface area contributed by atoms with Gasteiger partial charge in [0, 0.05) is 12.1 Å². The molecule has 0 aromatic heterocycles. The summed E-state index contributed by atoms with van der Waals surface area (Å²) >= 11 is 0. The minimum absolute atomic E-state index is 0. The summed E-state index contributed by atoms with van der Waals surface area (Å²) in [6, 6.07) is 23.5. The van der Waals surface area contributed by atoms with Gasteiger partial charge in [0.15, 0.2) is 0 Å². The number of benzene rings is 2. The van der Waals surface area contributed by atoms with Crippen molar-refractivity contribution in [1.29, 1.82) is 0 Å². The summed E-state index contributed by atoms with van der Waals surface area (Å²) in [4.78, 5) is 15.9. The van der Waals surface area contributed by atoms with E-state index >= 15 is 0 Å². The van der Waals surface area contributed by atoms with E-state index in [2.05, 4.69) is 202 Å². The summed E-state index contributed by atoms with van der Waals surface area (Å²) in [7, 11) is 4.92. The molecule has 296 valence electrons. The Kier molecular flexibility index (Phi) is 24.3. The van der Waals surface area contributed by atoms with E-state index in [9.17, 15) is 0 Å². The van der Waals surface area contributed by atoms with Crippen LogP contribution in [0.15, 0.2) is 109 Å². The largest absolute Gasteiger partial charge is 4.00 e. The molecular weight excluding hydrogens is 738 g/mol. The zero-order valence-electron chi connectivity index (χ0n) is 38.7. The molecule has 0 saturated heterocycles. The molecule has 0 spiro atoms. The Bertz CT molecular complexity index is 1420. The van der Waals surface area contributed by atoms with Gasteiger partial charge < -0.3 is 42.0 Å². The quantitative estimate of drug-likeness (QED) is 0.285. The van der Waals surface area contributed by atoms with Crippen molar-refractivity contribution in [2.45, 2.75) is 102 Å². The number of nitrogens with zero attached hydrogens (tertiary/aromatic N) is 4. The molecule has 2 aromatic carbocycles. The topological polar surface area (TPSA) is 34.7 Å². The van der Waals surface area contributed by atoms with Crippen molar-refractivity contribution in [3.8, 4) is 0 Å². The van der Waals surface area contributed by atoms with E-state index in [4.69, 9.17) is 9.96 Å². The molecule has 2 saturated carbocycles. The third-order valence-electron chi connectivity index (χ3n) is 11.9. The number of hydrogen-bond donors (Lipinski definition) is 0. The van der Waals surface area contributed by atoms with Crippen molar-refractivity contribution in [3.05, 3.63) is 142 Å². The Hall–Kier alpha value is -0.417. The molecule has 0 aliphatic heterocycles. The van der Waals surface area contributed by atoms with E-state index < -0.39 is 16.5 Å². The summed E-state index contributed by atoms with van der Waals surface area (Å²) in [6.07, 6.45) is 21.3. The van der Waals surface area contributed by atoms with Gasteiger partial charge in [-0.25, -0.2) is 0 Å². The monoisotopic (exact) mass is 814 g/mol. The first-order chi connectivity index (χ1) is 23.4. The van der Waals surface area contributed by atoms with E-state index in [1.54, 1.807) is 0 Å². The zero-order chi connectivity index (χ0) is 36.5. The van der Waals surface area contributed by atoms with Crippen molar-refractivity contribution < 1.29 is 59.4 Å². The molecule has 6 rings (SSSR count). The average Bonchev–Trinajstić information content (AvgIpc) is 3.65. The first kappa shape index (κ1) is 57.7. The second-order valence-electron chi connectivity index (χ2n) is 18.2. The van der Waals surface area contributed by atoms with E-state index in [0.29, 0.717) is 46.8 Å². The van der Waals surface area contributed by atoms with Crippen molar-refractivity contribution in [2.24, 2.45) is 23.7 Å². The fourth-order valence-corrected chi connectivity index (χ4v) is 19.5. The van der Waals surface area contributed by atoms with Crippen LogP contribution in [0.3, 0.4) is 0 Å². The third-order valence-corrected chi connectivity index (χ3v) is 21.3. The summed E-state index contributed by atoms with van der Waals surface area (Å²) in [5.74, 6) is 2.46. The molecule has 4 aliphatic rings. The minimum atomic E-state index is -2.01. The van der Waals surface area contributed by atoms with Crippen LogP contribution < -0.4 is 48.1 Å². The smallest absolute Gasteiger partial charge is 0.656 e. The number of allylic oxidation sites excluding steroid dienone is 6. The van der Waals surface area contributed by atoms with Crippen molar-refractivity contribution in [2.75, 3.05) is 28.2 Å². The van der Waals surface area contributed by atoms with Gasteiger partial charge in [0.25, 0.3) is 0 Å². The maximum absolute atomic E-state index is 5.54. The molecule has 10 atom stereocenters. The van der Waals surface area contributed by atoms with E-state index in [1.807, 2.05) is 0 Å². The van der Waals surface area contributed by atoms with Crippen LogP contribution in [0.5, 0.6) is 0 Å². The average molecular weight is 814 g/mol. The molecule has 4 nitrogen and oxygen atoms in total. The number of fused-ring (bicyclic) bond motifs is 2. The summed E-state index contributed by atoms with van der Waals surface area (Å²) in [5, 5.41) is 2.96. The summed E-state index contributed by atoms with van der Waals surface area (Å²) in [6.45, 7) is 18.5. The molecule has 0 heterocycles. The van der Waals surface area contributed by atoms with Gasteiger partial charge in [0.2, 0.25) is 0 Å². The van der Waals surface area contributed by atoms with Crippen molar-refractivity contribution in [1.82, 2.24) is 9.80 Å². The SMILES string of the molecule is CN(C)C1CC([Si](C)([N-]C(C)(C)C)c2ccccc2)C2C=CC=CC21.CN(C)C1CC([Si](C)([N-]C(C)(C)C)c2ccccc2)C2C=CC=CC21.[CH3-].[CH3-].[CH3-].[Li+].[Li+].[Ti+4]. The van der Waals surface area contributed by atoms with Crippen LogP contribution in [0.1, 0.15) is 54.4 Å². The second kappa shape index (κ2) is 23.5. The predicted octanol–water partition coefficient (Wildman–Crippen LogP) is 4.76. The van der Waals surface area contributed by atoms with Crippen LogP contribution in [-0.4, -0.2) is 77.6 Å². The van der Waals surface area contributed by atoms with Crippen molar-refractivity contribution in [3.63, 3.8) is 0 Å². The molecule has 4 aliphatic carbocycles. The Labute approximate surface area is 388 Å². The van der Waals surface area contributed by atoms with Gasteiger partial charge in [-0.2, -0.15) is 0 Å². The maximum Gasteiger partial charge on any atom is 4.00 e. The van der Waals surface area contributed by atoms with Crippen LogP contribution in [0.4, 0.5) is 0 Å². The number of hydrogen-bond acceptors (Lipinski definition) is 2. The van der Waals surface area contributed by atoms with E-state index in [0.717, 1.165) is 0 Å². The fraction of sp³-hybridized carbons (Fsp3) is 0.511. The van der Waals surface area contributed by atoms with Crippen LogP contribution in [0, 0.1) is 46.0 Å². The van der Waals surface area contributed by atoms with Crippen LogP contribution in [0.25, 0.3) is 9.96 Å². The number of rotatable bonds is 8. The Morgan fingerprint density at radius 3 is 1.02 bits per heavy atom.